The molecule has 10 heteroatoms. The lowest BCUT2D eigenvalue weighted by atomic mass is 9.98. The van der Waals surface area contributed by atoms with E-state index in [-0.39, 0.29) is 24.0 Å². The van der Waals surface area contributed by atoms with Gasteiger partial charge in [0.05, 0.1) is 17.1 Å². The molecule has 2 rings (SSSR count). The Hall–Kier alpha value is -0.1000. The van der Waals surface area contributed by atoms with Gasteiger partial charge < -0.3 is 10.2 Å². The van der Waals surface area contributed by atoms with E-state index in [1.165, 1.54) is 11.1 Å². The lowest BCUT2D eigenvalue weighted by Gasteiger charge is -2.31. The molecular weight excluding hydrogens is 495 g/mol. The lowest BCUT2D eigenvalue weighted by Crippen LogP contribution is -2.44. The number of hydrogen-bond acceptors (Lipinski definition) is 4. The van der Waals surface area contributed by atoms with Crippen LogP contribution in [0, 0.1) is 5.92 Å². The van der Waals surface area contributed by atoms with Crippen LogP contribution in [0.15, 0.2) is 17.1 Å². The summed E-state index contributed by atoms with van der Waals surface area (Å²) < 4.78 is 25.4. The Morgan fingerprint density at radius 2 is 2.08 bits per heavy atom. The minimum atomic E-state index is -3.06. The van der Waals surface area contributed by atoms with Crippen LogP contribution in [0.2, 0.25) is 4.34 Å². The number of nitrogens with one attached hydrogen (secondary N) is 1. The van der Waals surface area contributed by atoms with Crippen molar-refractivity contribution in [2.24, 2.45) is 10.9 Å². The van der Waals surface area contributed by atoms with Crippen LogP contribution in [-0.4, -0.2) is 63.6 Å². The van der Waals surface area contributed by atoms with Gasteiger partial charge in [-0.1, -0.05) is 11.6 Å². The van der Waals surface area contributed by atoms with Crippen LogP contribution in [0.3, 0.4) is 0 Å². The molecule has 0 aromatic carbocycles. The van der Waals surface area contributed by atoms with Gasteiger partial charge in [-0.2, -0.15) is 0 Å². The second kappa shape index (κ2) is 10.3. The van der Waals surface area contributed by atoms with Gasteiger partial charge in [0.15, 0.2) is 5.96 Å². The number of thiophene rings is 1. The smallest absolute Gasteiger partial charge is 0.211 e. The first-order valence-electron chi connectivity index (χ1n) is 7.90. The zero-order chi connectivity index (χ0) is 17.7. The van der Waals surface area contributed by atoms with Gasteiger partial charge >= 0.3 is 0 Å². The molecule has 25 heavy (non-hydrogen) atoms. The van der Waals surface area contributed by atoms with Crippen LogP contribution in [0.5, 0.6) is 0 Å². The van der Waals surface area contributed by atoms with Crippen LogP contribution < -0.4 is 5.32 Å². The summed E-state index contributed by atoms with van der Waals surface area (Å²) in [7, 11) is 0.706. The summed E-state index contributed by atoms with van der Waals surface area (Å²) in [6.07, 6.45) is 3.03. The Balaban J connectivity index is 0.00000312. The van der Waals surface area contributed by atoms with Crippen molar-refractivity contribution < 1.29 is 8.42 Å². The first kappa shape index (κ1) is 22.9. The van der Waals surface area contributed by atoms with Crippen molar-refractivity contribution in [1.29, 1.82) is 0 Å². The predicted molar refractivity (Wildman–Crippen MR) is 117 cm³/mol. The summed E-state index contributed by atoms with van der Waals surface area (Å²) in [4.78, 5) is 7.58. The molecule has 2 heterocycles. The molecule has 0 saturated carbocycles. The van der Waals surface area contributed by atoms with E-state index in [9.17, 15) is 8.42 Å². The fourth-order valence-electron chi connectivity index (χ4n) is 2.81. The van der Waals surface area contributed by atoms with Crippen molar-refractivity contribution in [2.75, 3.05) is 40.0 Å². The summed E-state index contributed by atoms with van der Waals surface area (Å²) in [6.45, 7) is 2.77. The van der Waals surface area contributed by atoms with E-state index >= 15 is 0 Å². The Kier molecular flexibility index (Phi) is 9.44. The molecule has 6 nitrogen and oxygen atoms in total. The highest BCUT2D eigenvalue weighted by Crippen LogP contribution is 2.22. The van der Waals surface area contributed by atoms with Gasteiger partial charge in [-0.05, 0) is 30.9 Å². The topological polar surface area (TPSA) is 65.0 Å². The van der Waals surface area contributed by atoms with E-state index in [1.54, 1.807) is 22.7 Å². The van der Waals surface area contributed by atoms with E-state index in [0.717, 1.165) is 36.2 Å². The molecule has 1 aromatic rings. The third-order valence-electron chi connectivity index (χ3n) is 4.19. The van der Waals surface area contributed by atoms with Crippen molar-refractivity contribution in [2.45, 2.75) is 19.4 Å². The van der Waals surface area contributed by atoms with Crippen LogP contribution in [0.4, 0.5) is 0 Å². The SMILES string of the molecule is CN=C(NCC1CCN(S(C)(=O)=O)CC1)N(C)Cc1ccc(Cl)s1.I. The van der Waals surface area contributed by atoms with Crippen LogP contribution in [0.1, 0.15) is 17.7 Å². The van der Waals surface area contributed by atoms with Gasteiger partial charge in [-0.15, -0.1) is 35.3 Å². The van der Waals surface area contributed by atoms with Crippen LogP contribution >= 0.6 is 46.9 Å². The average Bonchev–Trinajstić information content (AvgIpc) is 2.92. The molecule has 144 valence electrons. The molecule has 0 aliphatic carbocycles. The number of sulfonamides is 1. The summed E-state index contributed by atoms with van der Waals surface area (Å²) in [5.74, 6) is 1.30. The Morgan fingerprint density at radius 1 is 1.44 bits per heavy atom. The number of hydrogen-bond donors (Lipinski definition) is 1. The summed E-state index contributed by atoms with van der Waals surface area (Å²) in [6, 6.07) is 3.93. The number of rotatable bonds is 5. The van der Waals surface area contributed by atoms with E-state index in [0.29, 0.717) is 19.0 Å². The summed E-state index contributed by atoms with van der Waals surface area (Å²) >= 11 is 7.54. The zero-order valence-corrected chi connectivity index (χ0v) is 19.5. The molecule has 1 N–H and O–H groups in total. The monoisotopic (exact) mass is 520 g/mol. The molecule has 0 atom stereocenters. The lowest BCUT2D eigenvalue weighted by molar-refractivity contribution is 0.273. The molecule has 0 spiro atoms. The quantitative estimate of drug-likeness (QED) is 0.368. The first-order chi connectivity index (χ1) is 11.3. The molecule has 1 aliphatic heterocycles. The molecule has 0 bridgehead atoms. The minimum absolute atomic E-state index is 0. The summed E-state index contributed by atoms with van der Waals surface area (Å²) in [5.41, 5.74) is 0. The Bertz CT molecular complexity index is 673. The molecular formula is C15H26ClIN4O2S2. The van der Waals surface area contributed by atoms with Crippen LogP contribution in [0.25, 0.3) is 0 Å². The summed E-state index contributed by atoms with van der Waals surface area (Å²) in [5, 5.41) is 3.40. The first-order valence-corrected chi connectivity index (χ1v) is 10.9. The van der Waals surface area contributed by atoms with Crippen LogP contribution in [-0.2, 0) is 16.6 Å². The number of guanidine groups is 1. The van der Waals surface area contributed by atoms with Gasteiger partial charge in [0.25, 0.3) is 0 Å². The predicted octanol–water partition coefficient (Wildman–Crippen LogP) is 2.70. The number of halogens is 2. The van der Waals surface area contributed by atoms with E-state index < -0.39 is 10.0 Å². The van der Waals surface area contributed by atoms with E-state index in [4.69, 9.17) is 11.6 Å². The number of nitrogens with zero attached hydrogens (tertiary/aromatic N) is 3. The molecule has 0 unspecified atom stereocenters. The maximum atomic E-state index is 11.5. The van der Waals surface area contributed by atoms with E-state index in [2.05, 4.69) is 15.2 Å². The molecule has 1 aliphatic rings. The Labute approximate surface area is 176 Å². The standard InChI is InChI=1S/C15H25ClN4O2S2.HI/c1-17-15(19(2)11-13-4-5-14(16)23-13)18-10-12-6-8-20(9-7-12)24(3,21)22;/h4-5,12H,6-11H2,1-3H3,(H,17,18);1H. The fourth-order valence-corrected chi connectivity index (χ4v) is 4.83. The van der Waals surface area contributed by atoms with Gasteiger partial charge in [0.2, 0.25) is 10.0 Å². The van der Waals surface area contributed by atoms with Crippen molar-refractivity contribution in [1.82, 2.24) is 14.5 Å². The third kappa shape index (κ3) is 7.20. The average molecular weight is 521 g/mol. The van der Waals surface area contributed by atoms with Gasteiger partial charge in [0, 0.05) is 38.6 Å². The van der Waals surface area contributed by atoms with Crippen molar-refractivity contribution in [3.8, 4) is 0 Å². The highest BCUT2D eigenvalue weighted by Gasteiger charge is 2.25. The zero-order valence-electron chi connectivity index (χ0n) is 14.7. The molecule has 0 radical (unpaired) electrons. The highest BCUT2D eigenvalue weighted by atomic mass is 127. The maximum absolute atomic E-state index is 11.5. The molecule has 1 fully saturated rings. The van der Waals surface area contributed by atoms with Gasteiger partial charge in [-0.3, -0.25) is 4.99 Å². The largest absolute Gasteiger partial charge is 0.356 e. The highest BCUT2D eigenvalue weighted by molar-refractivity contribution is 14.0. The molecule has 1 saturated heterocycles. The fraction of sp³-hybridized carbons (Fsp3) is 0.667. The molecule has 1 aromatic heterocycles. The normalized spacial score (nSPS) is 17.2. The second-order valence-electron chi connectivity index (χ2n) is 6.10. The number of piperidine rings is 1. The van der Waals surface area contributed by atoms with Gasteiger partial charge in [0.1, 0.15) is 0 Å². The Morgan fingerprint density at radius 3 is 2.56 bits per heavy atom. The maximum Gasteiger partial charge on any atom is 0.211 e. The second-order valence-corrected chi connectivity index (χ2v) is 9.88. The minimum Gasteiger partial charge on any atom is -0.356 e. The van der Waals surface area contributed by atoms with E-state index in [1.807, 2.05) is 19.2 Å². The van der Waals surface area contributed by atoms with Crippen molar-refractivity contribution in [3.63, 3.8) is 0 Å². The molecule has 0 amide bonds. The third-order valence-corrected chi connectivity index (χ3v) is 6.71. The van der Waals surface area contributed by atoms with Gasteiger partial charge in [-0.25, -0.2) is 12.7 Å². The van der Waals surface area contributed by atoms with Crippen molar-refractivity contribution in [3.05, 3.63) is 21.3 Å². The number of aliphatic imine (C=N–C) groups is 1. The van der Waals surface area contributed by atoms with Crippen molar-refractivity contribution >= 4 is 62.9 Å².